The summed E-state index contributed by atoms with van der Waals surface area (Å²) in [6, 6.07) is 21.3. The fourth-order valence-corrected chi connectivity index (χ4v) is 4.96. The van der Waals surface area contributed by atoms with Crippen molar-refractivity contribution in [2.45, 2.75) is 4.90 Å². The molecule has 0 radical (unpaired) electrons. The van der Waals surface area contributed by atoms with Crippen molar-refractivity contribution >= 4 is 38.9 Å². The zero-order valence-corrected chi connectivity index (χ0v) is 18.1. The number of para-hydroxylation sites is 4. The normalized spacial score (nSPS) is 13.2. The molecule has 0 atom stereocenters. The van der Waals surface area contributed by atoms with Crippen LogP contribution in [-0.2, 0) is 19.6 Å². The Morgan fingerprint density at radius 3 is 2.41 bits per heavy atom. The first-order chi connectivity index (χ1) is 15.4. The zero-order valence-electron chi connectivity index (χ0n) is 17.3. The molecule has 0 saturated heterocycles. The van der Waals surface area contributed by atoms with Gasteiger partial charge in [0.25, 0.3) is 10.0 Å². The van der Waals surface area contributed by atoms with E-state index < -0.39 is 22.5 Å². The van der Waals surface area contributed by atoms with Gasteiger partial charge in [0.1, 0.15) is 18.8 Å². The van der Waals surface area contributed by atoms with Gasteiger partial charge in [-0.25, -0.2) is 8.42 Å². The molecule has 0 aliphatic carbocycles. The molecule has 8 nitrogen and oxygen atoms in total. The summed E-state index contributed by atoms with van der Waals surface area (Å²) < 4.78 is 33.5. The number of carbonyl (C=O) groups excluding carboxylic acids is 2. The molecule has 0 aromatic heterocycles. The van der Waals surface area contributed by atoms with E-state index >= 15 is 0 Å². The number of carbonyl (C=O) groups is 2. The molecule has 2 amide bonds. The van der Waals surface area contributed by atoms with Crippen LogP contribution in [0.2, 0.25) is 0 Å². The second kappa shape index (κ2) is 8.72. The molecular formula is C23H21N3O5S. The molecule has 164 valence electrons. The average molecular weight is 452 g/mol. The van der Waals surface area contributed by atoms with Crippen molar-refractivity contribution in [3.8, 4) is 5.75 Å². The fourth-order valence-electron chi connectivity index (χ4n) is 3.52. The van der Waals surface area contributed by atoms with E-state index in [2.05, 4.69) is 5.32 Å². The Balaban J connectivity index is 1.77. The zero-order chi connectivity index (χ0) is 22.7. The number of benzene rings is 3. The number of sulfonamides is 1. The summed E-state index contributed by atoms with van der Waals surface area (Å²) in [7, 11) is -2.68. The molecule has 1 aliphatic heterocycles. The van der Waals surface area contributed by atoms with Gasteiger partial charge in [0.15, 0.2) is 0 Å². The molecule has 0 saturated carbocycles. The quantitative estimate of drug-likeness (QED) is 0.622. The second-order valence-corrected chi connectivity index (χ2v) is 8.90. The first-order valence-electron chi connectivity index (χ1n) is 9.82. The van der Waals surface area contributed by atoms with E-state index in [4.69, 9.17) is 4.74 Å². The molecule has 9 heteroatoms. The number of ether oxygens (including phenoxy) is 1. The van der Waals surface area contributed by atoms with E-state index in [1.54, 1.807) is 66.7 Å². The van der Waals surface area contributed by atoms with E-state index in [0.29, 0.717) is 17.1 Å². The molecule has 32 heavy (non-hydrogen) atoms. The monoisotopic (exact) mass is 451 g/mol. The van der Waals surface area contributed by atoms with Crippen LogP contribution in [0.15, 0.2) is 83.8 Å². The molecule has 1 heterocycles. The van der Waals surface area contributed by atoms with Crippen molar-refractivity contribution in [2.75, 3.05) is 34.7 Å². The van der Waals surface area contributed by atoms with E-state index in [1.165, 1.54) is 24.1 Å². The van der Waals surface area contributed by atoms with Gasteiger partial charge in [-0.05, 0) is 36.4 Å². The van der Waals surface area contributed by atoms with E-state index in [9.17, 15) is 18.0 Å². The predicted molar refractivity (Wildman–Crippen MR) is 121 cm³/mol. The lowest BCUT2D eigenvalue weighted by Gasteiger charge is -2.32. The number of hydrogen-bond donors (Lipinski definition) is 1. The fraction of sp³-hybridized carbons (Fsp3) is 0.130. The van der Waals surface area contributed by atoms with Gasteiger partial charge in [0.05, 0.1) is 29.1 Å². The third-order valence-corrected chi connectivity index (χ3v) is 6.81. The van der Waals surface area contributed by atoms with Crippen LogP contribution in [0.1, 0.15) is 0 Å². The maximum atomic E-state index is 13.5. The first-order valence-corrected chi connectivity index (χ1v) is 11.3. The maximum Gasteiger partial charge on any atom is 0.264 e. The molecule has 0 spiro atoms. The molecule has 0 bridgehead atoms. The van der Waals surface area contributed by atoms with Crippen molar-refractivity contribution in [2.24, 2.45) is 0 Å². The Hall–Kier alpha value is -3.85. The Kier molecular flexibility index (Phi) is 5.83. The molecule has 3 aromatic carbocycles. The van der Waals surface area contributed by atoms with E-state index in [-0.39, 0.29) is 23.0 Å². The lowest BCUT2D eigenvalue weighted by molar-refractivity contribution is -0.121. The minimum atomic E-state index is -4.11. The molecule has 3 aromatic rings. The van der Waals surface area contributed by atoms with Crippen molar-refractivity contribution < 1.29 is 22.7 Å². The van der Waals surface area contributed by atoms with Crippen molar-refractivity contribution in [1.82, 2.24) is 0 Å². The largest absolute Gasteiger partial charge is 0.495 e. The molecule has 0 fully saturated rings. The second-order valence-electron chi connectivity index (χ2n) is 7.04. The van der Waals surface area contributed by atoms with Crippen LogP contribution < -0.4 is 19.3 Å². The van der Waals surface area contributed by atoms with Gasteiger partial charge >= 0.3 is 0 Å². The number of rotatable bonds is 6. The van der Waals surface area contributed by atoms with Crippen LogP contribution in [0.4, 0.5) is 17.1 Å². The molecule has 4 rings (SSSR count). The number of amides is 2. The Morgan fingerprint density at radius 2 is 1.66 bits per heavy atom. The van der Waals surface area contributed by atoms with Crippen LogP contribution >= 0.6 is 0 Å². The first kappa shape index (κ1) is 21.4. The third kappa shape index (κ3) is 4.02. The van der Waals surface area contributed by atoms with Crippen LogP contribution in [0.5, 0.6) is 5.75 Å². The predicted octanol–water partition coefficient (Wildman–Crippen LogP) is 2.88. The van der Waals surface area contributed by atoms with Crippen LogP contribution in [0.25, 0.3) is 0 Å². The smallest absolute Gasteiger partial charge is 0.264 e. The van der Waals surface area contributed by atoms with Gasteiger partial charge in [-0.1, -0.05) is 42.5 Å². The van der Waals surface area contributed by atoms with Crippen molar-refractivity contribution in [3.05, 3.63) is 78.9 Å². The number of anilines is 3. The lowest BCUT2D eigenvalue weighted by Crippen LogP contribution is -2.48. The summed E-state index contributed by atoms with van der Waals surface area (Å²) in [6.45, 7) is -0.722. The van der Waals surface area contributed by atoms with E-state index in [1.807, 2.05) is 0 Å². The highest BCUT2D eigenvalue weighted by atomic mass is 32.2. The topological polar surface area (TPSA) is 96.0 Å². The number of nitrogens with zero attached hydrogens (tertiary/aromatic N) is 2. The summed E-state index contributed by atoms with van der Waals surface area (Å²) in [6.07, 6.45) is 0. The lowest BCUT2D eigenvalue weighted by atomic mass is 10.2. The average Bonchev–Trinajstić information content (AvgIpc) is 2.82. The molecule has 1 aliphatic rings. The van der Waals surface area contributed by atoms with Crippen LogP contribution in [-0.4, -0.2) is 40.4 Å². The standard InChI is InChI=1S/C23H21N3O5S/c1-31-21-14-8-7-13-20(21)26(32(29,30)17-9-3-2-4-10-17)16-23(28)25-15-22(27)24-18-11-5-6-12-19(18)25/h2-14H,15-16H2,1H3,(H,24,27). The molecule has 1 N–H and O–H groups in total. The highest BCUT2D eigenvalue weighted by Crippen LogP contribution is 2.34. The summed E-state index contributed by atoms with van der Waals surface area (Å²) >= 11 is 0. The third-order valence-electron chi connectivity index (χ3n) is 5.04. The van der Waals surface area contributed by atoms with Crippen LogP contribution in [0, 0.1) is 0 Å². The summed E-state index contributed by atoms with van der Waals surface area (Å²) in [5, 5.41) is 2.72. The van der Waals surface area contributed by atoms with Gasteiger partial charge < -0.3 is 10.1 Å². The number of methoxy groups -OCH3 is 1. The Morgan fingerprint density at radius 1 is 1.00 bits per heavy atom. The summed E-state index contributed by atoms with van der Waals surface area (Å²) in [4.78, 5) is 26.9. The van der Waals surface area contributed by atoms with Gasteiger partial charge in [-0.2, -0.15) is 0 Å². The minimum Gasteiger partial charge on any atom is -0.495 e. The maximum absolute atomic E-state index is 13.5. The van der Waals surface area contributed by atoms with Crippen molar-refractivity contribution in [1.29, 1.82) is 0 Å². The molecular weight excluding hydrogens is 430 g/mol. The van der Waals surface area contributed by atoms with E-state index in [0.717, 1.165) is 4.31 Å². The Labute approximate surface area is 186 Å². The summed E-state index contributed by atoms with van der Waals surface area (Å²) in [5.74, 6) is -0.596. The Bertz CT molecular complexity index is 1260. The van der Waals surface area contributed by atoms with Gasteiger partial charge in [0.2, 0.25) is 11.8 Å². The van der Waals surface area contributed by atoms with Gasteiger partial charge in [-0.15, -0.1) is 0 Å². The van der Waals surface area contributed by atoms with Crippen LogP contribution in [0.3, 0.4) is 0 Å². The van der Waals surface area contributed by atoms with Crippen molar-refractivity contribution in [3.63, 3.8) is 0 Å². The SMILES string of the molecule is COc1ccccc1N(CC(=O)N1CC(=O)Nc2ccccc21)S(=O)(=O)c1ccccc1. The van der Waals surface area contributed by atoms with Gasteiger partial charge in [0, 0.05) is 0 Å². The van der Waals surface area contributed by atoms with Gasteiger partial charge in [-0.3, -0.25) is 18.8 Å². The number of hydrogen-bond acceptors (Lipinski definition) is 5. The number of fused-ring (bicyclic) bond motifs is 1. The summed E-state index contributed by atoms with van der Waals surface area (Å²) in [5.41, 5.74) is 1.22. The highest BCUT2D eigenvalue weighted by Gasteiger charge is 2.33. The molecule has 0 unspecified atom stereocenters. The minimum absolute atomic E-state index is 0.0375. The highest BCUT2D eigenvalue weighted by molar-refractivity contribution is 7.92. The number of nitrogens with one attached hydrogen (secondary N) is 1.